The van der Waals surface area contributed by atoms with Gasteiger partial charge >= 0.3 is 0 Å². The minimum absolute atomic E-state index is 0.0831. The third kappa shape index (κ3) is 6.20. The minimum Gasteiger partial charge on any atom is -0.459 e. The van der Waals surface area contributed by atoms with E-state index < -0.39 is 0 Å². The molecule has 1 saturated carbocycles. The molecule has 0 spiro atoms. The van der Waals surface area contributed by atoms with E-state index in [0.29, 0.717) is 36.7 Å². The number of aromatic nitrogens is 2. The zero-order chi connectivity index (χ0) is 18.9. The van der Waals surface area contributed by atoms with Gasteiger partial charge in [-0.3, -0.25) is 9.69 Å². The van der Waals surface area contributed by atoms with E-state index in [2.05, 4.69) is 27.3 Å². The Balaban J connectivity index is 1.52. The molecule has 0 bridgehead atoms. The van der Waals surface area contributed by atoms with E-state index in [1.807, 2.05) is 0 Å². The summed E-state index contributed by atoms with van der Waals surface area (Å²) in [7, 11) is 0. The number of rotatable bonds is 8. The van der Waals surface area contributed by atoms with Crippen molar-refractivity contribution in [2.75, 3.05) is 13.1 Å². The van der Waals surface area contributed by atoms with Crippen LogP contribution in [0.15, 0.2) is 27.2 Å². The van der Waals surface area contributed by atoms with Gasteiger partial charge < -0.3 is 14.2 Å². The van der Waals surface area contributed by atoms with Crippen LogP contribution in [0.1, 0.15) is 64.2 Å². The lowest BCUT2D eigenvalue weighted by Gasteiger charge is -2.24. The zero-order valence-electron chi connectivity index (χ0n) is 16.2. The van der Waals surface area contributed by atoms with Gasteiger partial charge in [0.2, 0.25) is 11.8 Å². The summed E-state index contributed by atoms with van der Waals surface area (Å²) < 4.78 is 11.0. The summed E-state index contributed by atoms with van der Waals surface area (Å²) in [4.78, 5) is 14.6. The Kier molecular flexibility index (Phi) is 7.45. The highest BCUT2D eigenvalue weighted by Crippen LogP contribution is 2.19. The Bertz CT molecular complexity index is 675. The molecule has 1 fully saturated rings. The molecule has 7 heteroatoms. The Morgan fingerprint density at radius 1 is 1.22 bits per heavy atom. The Morgan fingerprint density at radius 2 is 2.00 bits per heavy atom. The third-order valence-corrected chi connectivity index (χ3v) is 4.94. The first kappa shape index (κ1) is 19.6. The number of amides is 1. The SMILES string of the molecule is CCCN(CC(=O)NC1CCCCCCC1)Cc1nnc(-c2ccco2)o1. The van der Waals surface area contributed by atoms with Gasteiger partial charge in [-0.1, -0.05) is 39.0 Å². The first-order chi connectivity index (χ1) is 13.2. The molecule has 148 valence electrons. The second-order valence-electron chi connectivity index (χ2n) is 7.30. The van der Waals surface area contributed by atoms with E-state index in [4.69, 9.17) is 8.83 Å². The van der Waals surface area contributed by atoms with Crippen molar-refractivity contribution < 1.29 is 13.6 Å². The highest BCUT2D eigenvalue weighted by Gasteiger charge is 2.19. The fraction of sp³-hybridized carbons (Fsp3) is 0.650. The average Bonchev–Trinajstić information content (AvgIpc) is 3.28. The van der Waals surface area contributed by atoms with Crippen molar-refractivity contribution in [2.45, 2.75) is 70.9 Å². The number of hydrogen-bond acceptors (Lipinski definition) is 6. The molecule has 2 heterocycles. The first-order valence-corrected chi connectivity index (χ1v) is 10.1. The lowest BCUT2D eigenvalue weighted by molar-refractivity contribution is -0.123. The molecular weight excluding hydrogens is 344 g/mol. The summed E-state index contributed by atoms with van der Waals surface area (Å²) in [5, 5.41) is 11.3. The van der Waals surface area contributed by atoms with Crippen molar-refractivity contribution in [3.8, 4) is 11.7 Å². The molecule has 1 amide bonds. The highest BCUT2D eigenvalue weighted by atomic mass is 16.4. The fourth-order valence-electron chi connectivity index (χ4n) is 3.62. The maximum atomic E-state index is 12.5. The normalized spacial score (nSPS) is 16.2. The molecule has 1 N–H and O–H groups in total. The third-order valence-electron chi connectivity index (χ3n) is 4.94. The van der Waals surface area contributed by atoms with E-state index in [9.17, 15) is 4.79 Å². The molecule has 1 aliphatic carbocycles. The lowest BCUT2D eigenvalue weighted by Crippen LogP contribution is -2.42. The topological polar surface area (TPSA) is 84.4 Å². The maximum Gasteiger partial charge on any atom is 0.283 e. The van der Waals surface area contributed by atoms with Gasteiger partial charge in [0.15, 0.2) is 5.76 Å². The Morgan fingerprint density at radius 3 is 2.70 bits per heavy atom. The average molecular weight is 374 g/mol. The predicted octanol–water partition coefficient (Wildman–Crippen LogP) is 3.77. The molecule has 3 rings (SSSR count). The van der Waals surface area contributed by atoms with E-state index in [1.165, 1.54) is 32.1 Å². The summed E-state index contributed by atoms with van der Waals surface area (Å²) in [5.41, 5.74) is 0. The molecule has 2 aromatic rings. The van der Waals surface area contributed by atoms with E-state index in [-0.39, 0.29) is 5.91 Å². The summed E-state index contributed by atoms with van der Waals surface area (Å²) in [6.45, 7) is 3.71. The van der Waals surface area contributed by atoms with Crippen molar-refractivity contribution in [2.24, 2.45) is 0 Å². The van der Waals surface area contributed by atoms with Crippen LogP contribution in [0.2, 0.25) is 0 Å². The van der Waals surface area contributed by atoms with Gasteiger partial charge in [-0.25, -0.2) is 0 Å². The van der Waals surface area contributed by atoms with Gasteiger partial charge in [0.1, 0.15) is 0 Å². The Labute approximate surface area is 160 Å². The van der Waals surface area contributed by atoms with E-state index in [1.54, 1.807) is 18.4 Å². The van der Waals surface area contributed by atoms with E-state index in [0.717, 1.165) is 25.8 Å². The van der Waals surface area contributed by atoms with Crippen molar-refractivity contribution in [1.82, 2.24) is 20.4 Å². The summed E-state index contributed by atoms with van der Waals surface area (Å²) >= 11 is 0. The molecule has 27 heavy (non-hydrogen) atoms. The monoisotopic (exact) mass is 374 g/mol. The van der Waals surface area contributed by atoms with Crippen molar-refractivity contribution in [3.05, 3.63) is 24.3 Å². The summed E-state index contributed by atoms with van der Waals surface area (Å²) in [6.07, 6.45) is 11.0. The standard InChI is InChI=1S/C20H30N4O3/c1-2-12-24(14-18(25)21-16-9-6-4-3-5-7-10-16)15-19-22-23-20(27-19)17-11-8-13-26-17/h8,11,13,16H,2-7,9-10,12,14-15H2,1H3,(H,21,25). The molecule has 0 saturated heterocycles. The quantitative estimate of drug-likeness (QED) is 0.757. The highest BCUT2D eigenvalue weighted by molar-refractivity contribution is 5.78. The van der Waals surface area contributed by atoms with E-state index >= 15 is 0 Å². The number of carbonyl (C=O) groups is 1. The van der Waals surface area contributed by atoms with Crippen molar-refractivity contribution in [1.29, 1.82) is 0 Å². The van der Waals surface area contributed by atoms with Crippen LogP contribution in [-0.2, 0) is 11.3 Å². The van der Waals surface area contributed by atoms with Gasteiger partial charge in [0.25, 0.3) is 5.89 Å². The molecule has 0 aromatic carbocycles. The minimum atomic E-state index is 0.0831. The van der Waals surface area contributed by atoms with Gasteiger partial charge in [0.05, 0.1) is 19.4 Å². The largest absolute Gasteiger partial charge is 0.459 e. The first-order valence-electron chi connectivity index (χ1n) is 10.1. The molecule has 0 atom stereocenters. The molecule has 0 radical (unpaired) electrons. The summed E-state index contributed by atoms with van der Waals surface area (Å²) in [5.74, 6) is 1.50. The van der Waals surface area contributed by atoms with Crippen LogP contribution in [-0.4, -0.2) is 40.1 Å². The fourth-order valence-corrected chi connectivity index (χ4v) is 3.62. The summed E-state index contributed by atoms with van der Waals surface area (Å²) in [6, 6.07) is 3.88. The second-order valence-corrected chi connectivity index (χ2v) is 7.30. The van der Waals surface area contributed by atoms with Crippen LogP contribution >= 0.6 is 0 Å². The number of nitrogens with one attached hydrogen (secondary N) is 1. The Hall–Kier alpha value is -2.15. The molecule has 7 nitrogen and oxygen atoms in total. The van der Waals surface area contributed by atoms with Crippen LogP contribution < -0.4 is 5.32 Å². The second kappa shape index (κ2) is 10.3. The van der Waals surface area contributed by atoms with Gasteiger partial charge in [-0.15, -0.1) is 10.2 Å². The molecule has 2 aromatic heterocycles. The van der Waals surface area contributed by atoms with Crippen LogP contribution in [0, 0.1) is 0 Å². The van der Waals surface area contributed by atoms with Crippen LogP contribution in [0.4, 0.5) is 0 Å². The molecule has 1 aliphatic rings. The maximum absolute atomic E-state index is 12.5. The smallest absolute Gasteiger partial charge is 0.283 e. The van der Waals surface area contributed by atoms with Crippen LogP contribution in [0.25, 0.3) is 11.7 Å². The van der Waals surface area contributed by atoms with Gasteiger partial charge in [-0.2, -0.15) is 0 Å². The number of nitrogens with zero attached hydrogens (tertiary/aromatic N) is 3. The predicted molar refractivity (Wildman–Crippen MR) is 102 cm³/mol. The zero-order valence-corrected chi connectivity index (χ0v) is 16.2. The lowest BCUT2D eigenvalue weighted by atomic mass is 9.97. The van der Waals surface area contributed by atoms with Gasteiger partial charge in [-0.05, 0) is 37.9 Å². The van der Waals surface area contributed by atoms with Crippen molar-refractivity contribution >= 4 is 5.91 Å². The van der Waals surface area contributed by atoms with Crippen LogP contribution in [0.5, 0.6) is 0 Å². The number of hydrogen-bond donors (Lipinski definition) is 1. The van der Waals surface area contributed by atoms with Crippen LogP contribution in [0.3, 0.4) is 0 Å². The number of furan rings is 1. The molecule has 0 unspecified atom stereocenters. The molecule has 0 aliphatic heterocycles. The van der Waals surface area contributed by atoms with Crippen molar-refractivity contribution in [3.63, 3.8) is 0 Å². The van der Waals surface area contributed by atoms with Gasteiger partial charge in [0, 0.05) is 6.04 Å². The number of carbonyl (C=O) groups excluding carboxylic acids is 1. The molecular formula is C20H30N4O3.